The number of benzene rings is 1. The van der Waals surface area contributed by atoms with Gasteiger partial charge in [0.25, 0.3) is 10.0 Å². The molecule has 0 aliphatic heterocycles. The molecule has 0 bridgehead atoms. The first-order chi connectivity index (χ1) is 8.96. The highest BCUT2D eigenvalue weighted by atomic mass is 32.2. The number of hydrogen-bond donors (Lipinski definition) is 1. The van der Waals surface area contributed by atoms with Crippen LogP contribution in [-0.2, 0) is 16.6 Å². The molecule has 0 aliphatic carbocycles. The van der Waals surface area contributed by atoms with E-state index >= 15 is 0 Å². The summed E-state index contributed by atoms with van der Waals surface area (Å²) in [6.07, 6.45) is 0. The van der Waals surface area contributed by atoms with E-state index in [1.807, 2.05) is 0 Å². The van der Waals surface area contributed by atoms with Crippen molar-refractivity contribution in [2.24, 2.45) is 5.73 Å². The predicted molar refractivity (Wildman–Crippen MR) is 74.2 cm³/mol. The summed E-state index contributed by atoms with van der Waals surface area (Å²) < 4.78 is 39.4. The fourth-order valence-electron chi connectivity index (χ4n) is 1.58. The van der Waals surface area contributed by atoms with Gasteiger partial charge < -0.3 is 5.73 Å². The molecule has 0 spiro atoms. The topological polar surface area (TPSA) is 63.4 Å². The van der Waals surface area contributed by atoms with Gasteiger partial charge in [-0.15, -0.1) is 11.3 Å². The van der Waals surface area contributed by atoms with E-state index in [4.69, 9.17) is 5.73 Å². The van der Waals surface area contributed by atoms with Gasteiger partial charge in [0.2, 0.25) is 0 Å². The van der Waals surface area contributed by atoms with Gasteiger partial charge in [0.15, 0.2) is 0 Å². The monoisotopic (exact) mass is 300 g/mol. The van der Waals surface area contributed by atoms with Gasteiger partial charge in [-0.2, -0.15) is 0 Å². The number of halogens is 1. The fourth-order valence-corrected chi connectivity index (χ4v) is 4.19. The Morgan fingerprint density at radius 2 is 1.95 bits per heavy atom. The second-order valence-electron chi connectivity index (χ2n) is 3.85. The Labute approximate surface area is 115 Å². The average Bonchev–Trinajstić information content (AvgIpc) is 2.88. The highest BCUT2D eigenvalue weighted by molar-refractivity contribution is 7.94. The lowest BCUT2D eigenvalue weighted by molar-refractivity contribution is 0.591. The Balaban J connectivity index is 2.42. The molecule has 102 valence electrons. The van der Waals surface area contributed by atoms with E-state index < -0.39 is 15.8 Å². The van der Waals surface area contributed by atoms with Crippen LogP contribution in [0, 0.1) is 5.82 Å². The third-order valence-electron chi connectivity index (χ3n) is 2.64. The van der Waals surface area contributed by atoms with Crippen molar-refractivity contribution in [3.05, 3.63) is 47.1 Å². The van der Waals surface area contributed by atoms with E-state index in [1.54, 1.807) is 12.1 Å². The molecule has 0 radical (unpaired) electrons. The van der Waals surface area contributed by atoms with Crippen molar-refractivity contribution >= 4 is 27.0 Å². The standard InChI is InChI=1S/C12H13FN2O2S2/c1-15(11-5-3-2-4-10(11)13)19(16,17)12-7-6-9(8-14)18-12/h2-7H,8,14H2,1H3. The predicted octanol–water partition coefficient (Wildman–Crippen LogP) is 2.17. The number of thiophene rings is 1. The van der Waals surface area contributed by atoms with Crippen LogP contribution in [0.5, 0.6) is 0 Å². The zero-order valence-corrected chi connectivity index (χ0v) is 11.8. The maximum atomic E-state index is 13.6. The number of nitrogens with zero attached hydrogens (tertiary/aromatic N) is 1. The molecule has 7 heteroatoms. The van der Waals surface area contributed by atoms with Crippen LogP contribution in [0.4, 0.5) is 10.1 Å². The third-order valence-corrected chi connectivity index (χ3v) is 5.99. The molecule has 0 atom stereocenters. The Kier molecular flexibility index (Phi) is 3.88. The van der Waals surface area contributed by atoms with Crippen LogP contribution in [0.3, 0.4) is 0 Å². The summed E-state index contributed by atoms with van der Waals surface area (Å²) in [6, 6.07) is 8.89. The van der Waals surface area contributed by atoms with E-state index in [0.29, 0.717) is 0 Å². The van der Waals surface area contributed by atoms with Gasteiger partial charge in [0.05, 0.1) is 5.69 Å². The number of sulfonamides is 1. The van der Waals surface area contributed by atoms with Crippen molar-refractivity contribution in [2.75, 3.05) is 11.4 Å². The lowest BCUT2D eigenvalue weighted by Gasteiger charge is -2.18. The van der Waals surface area contributed by atoms with Gasteiger partial charge in [-0.05, 0) is 24.3 Å². The Bertz CT molecular complexity index is 683. The highest BCUT2D eigenvalue weighted by Crippen LogP contribution is 2.28. The summed E-state index contributed by atoms with van der Waals surface area (Å²) in [5, 5.41) is 0. The zero-order chi connectivity index (χ0) is 14.0. The van der Waals surface area contributed by atoms with Gasteiger partial charge in [0, 0.05) is 18.5 Å². The average molecular weight is 300 g/mol. The van der Waals surface area contributed by atoms with Crippen LogP contribution in [0.15, 0.2) is 40.6 Å². The van der Waals surface area contributed by atoms with Crippen LogP contribution in [0.2, 0.25) is 0 Å². The van der Waals surface area contributed by atoms with Crippen LogP contribution in [0.25, 0.3) is 0 Å². The SMILES string of the molecule is CN(c1ccccc1F)S(=O)(=O)c1ccc(CN)s1. The smallest absolute Gasteiger partial charge is 0.273 e. The second kappa shape index (κ2) is 5.28. The van der Waals surface area contributed by atoms with Crippen molar-refractivity contribution in [3.8, 4) is 0 Å². The van der Waals surface area contributed by atoms with Crippen molar-refractivity contribution in [3.63, 3.8) is 0 Å². The summed E-state index contributed by atoms with van der Waals surface area (Å²) in [4.78, 5) is 0.764. The lowest BCUT2D eigenvalue weighted by atomic mass is 10.3. The van der Waals surface area contributed by atoms with Gasteiger partial charge >= 0.3 is 0 Å². The van der Waals surface area contributed by atoms with Crippen molar-refractivity contribution in [1.82, 2.24) is 0 Å². The molecule has 1 aromatic heterocycles. The number of anilines is 1. The van der Waals surface area contributed by atoms with E-state index in [9.17, 15) is 12.8 Å². The summed E-state index contributed by atoms with van der Waals surface area (Å²) in [6.45, 7) is 0.281. The Hall–Kier alpha value is -1.44. The minimum Gasteiger partial charge on any atom is -0.326 e. The van der Waals surface area contributed by atoms with Crippen LogP contribution >= 0.6 is 11.3 Å². The minimum absolute atomic E-state index is 0.0187. The summed E-state index contributed by atoms with van der Waals surface area (Å²) in [7, 11) is -2.42. The molecule has 0 saturated heterocycles. The first kappa shape index (κ1) is 14.0. The Morgan fingerprint density at radius 1 is 1.26 bits per heavy atom. The van der Waals surface area contributed by atoms with Crippen molar-refractivity contribution in [1.29, 1.82) is 0 Å². The molecule has 2 rings (SSSR count). The van der Waals surface area contributed by atoms with Crippen LogP contribution in [-0.4, -0.2) is 15.5 Å². The molecule has 4 nitrogen and oxygen atoms in total. The number of nitrogens with two attached hydrogens (primary N) is 1. The molecule has 0 unspecified atom stereocenters. The number of rotatable bonds is 4. The molecule has 1 aromatic carbocycles. The molecular formula is C12H13FN2O2S2. The zero-order valence-electron chi connectivity index (χ0n) is 10.2. The van der Waals surface area contributed by atoms with Gasteiger partial charge in [-0.3, -0.25) is 4.31 Å². The normalized spacial score (nSPS) is 11.5. The highest BCUT2D eigenvalue weighted by Gasteiger charge is 2.24. The van der Waals surface area contributed by atoms with Crippen LogP contribution < -0.4 is 10.0 Å². The van der Waals surface area contributed by atoms with Gasteiger partial charge in [0.1, 0.15) is 10.0 Å². The molecule has 1 heterocycles. The number of para-hydroxylation sites is 1. The van der Waals surface area contributed by atoms with E-state index in [1.165, 1.54) is 31.3 Å². The van der Waals surface area contributed by atoms with Crippen LogP contribution in [0.1, 0.15) is 4.88 Å². The molecule has 2 aromatic rings. The largest absolute Gasteiger partial charge is 0.326 e. The Morgan fingerprint density at radius 3 is 2.53 bits per heavy atom. The number of hydrogen-bond acceptors (Lipinski definition) is 4. The minimum atomic E-state index is -3.75. The lowest BCUT2D eigenvalue weighted by Crippen LogP contribution is -2.26. The van der Waals surface area contributed by atoms with Gasteiger partial charge in [-0.1, -0.05) is 12.1 Å². The third kappa shape index (κ3) is 2.63. The van der Waals surface area contributed by atoms with E-state index in [-0.39, 0.29) is 16.4 Å². The van der Waals surface area contributed by atoms with E-state index in [0.717, 1.165) is 20.5 Å². The molecule has 0 amide bonds. The molecule has 19 heavy (non-hydrogen) atoms. The summed E-state index contributed by atoms with van der Waals surface area (Å²) >= 11 is 1.09. The van der Waals surface area contributed by atoms with Crippen molar-refractivity contribution < 1.29 is 12.8 Å². The maximum Gasteiger partial charge on any atom is 0.273 e. The molecule has 0 fully saturated rings. The second-order valence-corrected chi connectivity index (χ2v) is 7.21. The molecule has 2 N–H and O–H groups in total. The summed E-state index contributed by atoms with van der Waals surface area (Å²) in [5.74, 6) is -0.579. The molecule has 0 aliphatic rings. The first-order valence-electron chi connectivity index (χ1n) is 5.49. The molecular weight excluding hydrogens is 287 g/mol. The quantitative estimate of drug-likeness (QED) is 0.941. The summed E-state index contributed by atoms with van der Waals surface area (Å²) in [5.41, 5.74) is 5.48. The maximum absolute atomic E-state index is 13.6. The molecule has 0 saturated carbocycles. The first-order valence-corrected chi connectivity index (χ1v) is 7.74. The fraction of sp³-hybridized carbons (Fsp3) is 0.167. The van der Waals surface area contributed by atoms with E-state index in [2.05, 4.69) is 0 Å². The van der Waals surface area contributed by atoms with Gasteiger partial charge in [-0.25, -0.2) is 12.8 Å². The van der Waals surface area contributed by atoms with Crippen molar-refractivity contribution in [2.45, 2.75) is 10.8 Å².